The van der Waals surface area contributed by atoms with Crippen LogP contribution in [0, 0.1) is 0 Å². The highest BCUT2D eigenvalue weighted by Crippen LogP contribution is 2.14. The molecule has 0 bridgehead atoms. The monoisotopic (exact) mass is 557 g/mol. The van der Waals surface area contributed by atoms with Crippen LogP contribution in [0.25, 0.3) is 0 Å². The van der Waals surface area contributed by atoms with Gasteiger partial charge in [0.15, 0.2) is 5.96 Å². The van der Waals surface area contributed by atoms with E-state index in [1.54, 1.807) is 36.4 Å². The molecule has 12 nitrogen and oxygen atoms in total. The van der Waals surface area contributed by atoms with Gasteiger partial charge in [0.1, 0.15) is 23.9 Å². The quantitative estimate of drug-likeness (QED) is 0.128. The number of guanidine groups is 1. The van der Waals surface area contributed by atoms with Gasteiger partial charge >= 0.3 is 0 Å². The Labute approximate surface area is 230 Å². The van der Waals surface area contributed by atoms with Crippen LogP contribution in [0.4, 0.5) is 0 Å². The van der Waals surface area contributed by atoms with Crippen molar-refractivity contribution >= 4 is 41.2 Å². The number of carbonyl (C=O) groups excluding carboxylic acids is 4. The molecule has 0 spiro atoms. The predicted octanol–water partition coefficient (Wildman–Crippen LogP) is -0.531. The summed E-state index contributed by atoms with van der Waals surface area (Å²) in [6, 6.07) is 9.86. The Bertz CT molecular complexity index is 1200. The number of aliphatic imine (C=N–C) groups is 1. The molecule has 0 radical (unpaired) electrons. The maximum absolute atomic E-state index is 13.4. The minimum atomic E-state index is -1.08. The fraction of sp³-hybridized carbons (Fsp3) is 0.346. The largest absolute Gasteiger partial charge is 0.508 e. The molecule has 1 fully saturated rings. The molecule has 1 heterocycles. The number of phenolic OH excluding ortho intramolecular Hbond substituents is 1. The van der Waals surface area contributed by atoms with E-state index in [0.29, 0.717) is 17.0 Å². The van der Waals surface area contributed by atoms with Crippen LogP contribution in [-0.4, -0.2) is 65.9 Å². The Morgan fingerprint density at radius 2 is 1.36 bits per heavy atom. The molecule has 0 unspecified atom stereocenters. The normalized spacial score (nSPS) is 20.4. The van der Waals surface area contributed by atoms with E-state index in [9.17, 15) is 24.3 Å². The van der Waals surface area contributed by atoms with Crippen LogP contribution in [0.5, 0.6) is 5.75 Å². The molecule has 1 aliphatic heterocycles. The van der Waals surface area contributed by atoms with Crippen molar-refractivity contribution in [1.29, 1.82) is 0 Å². The molecule has 2 aromatic carbocycles. The van der Waals surface area contributed by atoms with Gasteiger partial charge in [0.25, 0.3) is 0 Å². The molecule has 13 heteroatoms. The van der Waals surface area contributed by atoms with Crippen molar-refractivity contribution in [3.05, 3.63) is 64.7 Å². The van der Waals surface area contributed by atoms with Crippen LogP contribution >= 0.6 is 11.6 Å². The molecule has 3 rings (SSSR count). The summed E-state index contributed by atoms with van der Waals surface area (Å²) in [7, 11) is 0. The third-order valence-electron chi connectivity index (χ3n) is 6.02. The van der Waals surface area contributed by atoms with E-state index in [2.05, 4.69) is 26.3 Å². The SMILES string of the molecule is NC(N)=NCCC[C@@H]1NC(=O)[C@H](Cc2ccc(O)cc2)NC(=O)[C@@H](Cc2ccc(Cl)cc2)NC(=O)CNC1=O. The number of nitrogens with one attached hydrogen (secondary N) is 4. The Balaban J connectivity index is 1.86. The van der Waals surface area contributed by atoms with Crippen molar-refractivity contribution in [2.75, 3.05) is 13.1 Å². The van der Waals surface area contributed by atoms with Gasteiger partial charge < -0.3 is 37.8 Å². The number of carbonyl (C=O) groups is 4. The molecule has 1 aliphatic rings. The van der Waals surface area contributed by atoms with Crippen molar-refractivity contribution < 1.29 is 24.3 Å². The van der Waals surface area contributed by atoms with E-state index in [4.69, 9.17) is 23.1 Å². The lowest BCUT2D eigenvalue weighted by molar-refractivity contribution is -0.135. The van der Waals surface area contributed by atoms with Crippen LogP contribution in [0.3, 0.4) is 0 Å². The predicted molar refractivity (Wildman–Crippen MR) is 146 cm³/mol. The summed E-state index contributed by atoms with van der Waals surface area (Å²) in [5, 5.41) is 20.7. The van der Waals surface area contributed by atoms with Crippen molar-refractivity contribution in [3.63, 3.8) is 0 Å². The third-order valence-corrected chi connectivity index (χ3v) is 6.27. The first-order valence-corrected chi connectivity index (χ1v) is 12.7. The number of nitrogens with zero attached hydrogens (tertiary/aromatic N) is 1. The van der Waals surface area contributed by atoms with Crippen molar-refractivity contribution in [2.45, 2.75) is 43.8 Å². The van der Waals surface area contributed by atoms with Crippen LogP contribution in [-0.2, 0) is 32.0 Å². The number of rotatable bonds is 8. The van der Waals surface area contributed by atoms with Gasteiger partial charge in [-0.1, -0.05) is 35.9 Å². The van der Waals surface area contributed by atoms with E-state index in [-0.39, 0.29) is 44.1 Å². The minimum absolute atomic E-state index is 0.0502. The van der Waals surface area contributed by atoms with Gasteiger partial charge in [-0.15, -0.1) is 0 Å². The Hall–Kier alpha value is -4.32. The smallest absolute Gasteiger partial charge is 0.243 e. The van der Waals surface area contributed by atoms with Crippen molar-refractivity contribution in [1.82, 2.24) is 21.3 Å². The maximum Gasteiger partial charge on any atom is 0.243 e. The molecular weight excluding hydrogens is 526 g/mol. The number of phenols is 1. The van der Waals surface area contributed by atoms with Crippen LogP contribution in [0.1, 0.15) is 24.0 Å². The molecule has 0 saturated carbocycles. The number of hydrogen-bond acceptors (Lipinski definition) is 6. The molecule has 0 aliphatic carbocycles. The highest BCUT2D eigenvalue weighted by Gasteiger charge is 2.31. The van der Waals surface area contributed by atoms with Crippen molar-refractivity contribution in [2.24, 2.45) is 16.5 Å². The van der Waals surface area contributed by atoms with E-state index in [1.807, 2.05) is 0 Å². The van der Waals surface area contributed by atoms with Gasteiger partial charge in [0.05, 0.1) is 6.54 Å². The average molecular weight is 558 g/mol. The number of halogens is 1. The summed E-state index contributed by atoms with van der Waals surface area (Å²) < 4.78 is 0. The summed E-state index contributed by atoms with van der Waals surface area (Å²) in [4.78, 5) is 56.2. The molecule has 9 N–H and O–H groups in total. The molecule has 2 aromatic rings. The first-order chi connectivity index (χ1) is 18.6. The van der Waals surface area contributed by atoms with Gasteiger partial charge in [-0.2, -0.15) is 0 Å². The first-order valence-electron chi connectivity index (χ1n) is 12.4. The summed E-state index contributed by atoms with van der Waals surface area (Å²) >= 11 is 5.96. The third kappa shape index (κ3) is 9.49. The van der Waals surface area contributed by atoms with Gasteiger partial charge in [0.2, 0.25) is 23.6 Å². The second kappa shape index (κ2) is 14.0. The first kappa shape index (κ1) is 29.2. The molecular formula is C26H32ClN7O5. The number of nitrogens with two attached hydrogens (primary N) is 2. The number of benzene rings is 2. The van der Waals surface area contributed by atoms with Gasteiger partial charge in [0, 0.05) is 24.4 Å². The number of amides is 4. The van der Waals surface area contributed by atoms with E-state index < -0.39 is 41.8 Å². The number of aromatic hydroxyl groups is 1. The van der Waals surface area contributed by atoms with Crippen molar-refractivity contribution in [3.8, 4) is 5.75 Å². The van der Waals surface area contributed by atoms with Crippen LogP contribution in [0.2, 0.25) is 5.02 Å². The topological polar surface area (TPSA) is 201 Å². The fourth-order valence-corrected chi connectivity index (χ4v) is 4.12. The zero-order chi connectivity index (χ0) is 28.4. The fourth-order valence-electron chi connectivity index (χ4n) is 4.00. The average Bonchev–Trinajstić information content (AvgIpc) is 2.89. The van der Waals surface area contributed by atoms with Gasteiger partial charge in [-0.05, 0) is 48.2 Å². The molecule has 208 valence electrons. The van der Waals surface area contributed by atoms with E-state index in [0.717, 1.165) is 5.56 Å². The maximum atomic E-state index is 13.4. The summed E-state index contributed by atoms with van der Waals surface area (Å²) in [6.45, 7) is -0.150. The lowest BCUT2D eigenvalue weighted by atomic mass is 10.0. The second-order valence-corrected chi connectivity index (χ2v) is 9.55. The zero-order valence-corrected chi connectivity index (χ0v) is 21.9. The molecule has 0 aromatic heterocycles. The highest BCUT2D eigenvalue weighted by atomic mass is 35.5. The summed E-state index contributed by atoms with van der Waals surface area (Å²) in [6.07, 6.45) is 0.765. The van der Waals surface area contributed by atoms with E-state index >= 15 is 0 Å². The Morgan fingerprint density at radius 1 is 0.821 bits per heavy atom. The Morgan fingerprint density at radius 3 is 1.95 bits per heavy atom. The zero-order valence-electron chi connectivity index (χ0n) is 21.2. The standard InChI is InChI=1S/C26H32ClN7O5/c27-17-7-3-15(4-8-17)12-20-24(38)34-21(13-16-5-9-18(35)10-6-16)25(39)33-19(2-1-11-30-26(28)29)23(37)31-14-22(36)32-20/h3-10,19-21,35H,1-2,11-14H2,(H,31,37)(H,32,36)(H,33,39)(H,34,38)(H4,28,29,30)/t19-,20+,21-/m0/s1. The van der Waals surface area contributed by atoms with E-state index in [1.165, 1.54) is 12.1 Å². The second-order valence-electron chi connectivity index (χ2n) is 9.11. The summed E-state index contributed by atoms with van der Waals surface area (Å²) in [5.74, 6) is -2.34. The van der Waals surface area contributed by atoms with Gasteiger partial charge in [-0.25, -0.2) is 0 Å². The molecule has 1 saturated heterocycles. The molecule has 39 heavy (non-hydrogen) atoms. The lowest BCUT2D eigenvalue weighted by Gasteiger charge is -2.27. The number of hydrogen-bond donors (Lipinski definition) is 7. The van der Waals surface area contributed by atoms with Gasteiger partial charge in [-0.3, -0.25) is 24.2 Å². The minimum Gasteiger partial charge on any atom is -0.508 e. The summed E-state index contributed by atoms with van der Waals surface area (Å²) in [5.41, 5.74) is 12.1. The highest BCUT2D eigenvalue weighted by molar-refractivity contribution is 6.30. The molecule has 4 amide bonds. The van der Waals surface area contributed by atoms with Crippen LogP contribution < -0.4 is 32.7 Å². The lowest BCUT2D eigenvalue weighted by Crippen LogP contribution is -2.60. The Kier molecular flexibility index (Phi) is 10.5. The van der Waals surface area contributed by atoms with Crippen LogP contribution in [0.15, 0.2) is 53.5 Å². The molecule has 3 atom stereocenters.